The fourth-order valence-corrected chi connectivity index (χ4v) is 3.37. The molecule has 0 radical (unpaired) electrons. The maximum absolute atomic E-state index is 13.7. The van der Waals surface area contributed by atoms with E-state index in [2.05, 4.69) is 5.48 Å². The highest BCUT2D eigenvalue weighted by Gasteiger charge is 2.51. The fourth-order valence-electron chi connectivity index (χ4n) is 3.37. The van der Waals surface area contributed by atoms with Gasteiger partial charge in [0.15, 0.2) is 0 Å². The van der Waals surface area contributed by atoms with E-state index in [1.807, 2.05) is 4.90 Å². The average molecular weight is 290 g/mol. The molecule has 1 saturated heterocycles. The van der Waals surface area contributed by atoms with Gasteiger partial charge in [0, 0.05) is 18.5 Å². The Bertz CT molecular complexity index is 646. The minimum absolute atomic E-state index is 0.327. The summed E-state index contributed by atoms with van der Waals surface area (Å²) < 4.78 is 19.3. The number of nitrogens with zero attached hydrogens (tertiary/aromatic N) is 1. The number of benzene rings is 1. The van der Waals surface area contributed by atoms with Gasteiger partial charge >= 0.3 is 0 Å². The van der Waals surface area contributed by atoms with E-state index in [9.17, 15) is 9.18 Å². The lowest BCUT2D eigenvalue weighted by molar-refractivity contribution is -0.139. The molecule has 110 valence electrons. The molecule has 0 aliphatic carbocycles. The lowest BCUT2D eigenvalue weighted by atomic mass is 9.92. The smallest absolute Gasteiger partial charge is 0.201 e. The fraction of sp³-hybridized carbons (Fsp3) is 0.400. The molecule has 3 aliphatic heterocycles. The maximum Gasteiger partial charge on any atom is 0.201 e. The van der Waals surface area contributed by atoms with Crippen molar-refractivity contribution in [3.05, 3.63) is 41.0 Å². The van der Waals surface area contributed by atoms with Crippen molar-refractivity contribution in [3.63, 3.8) is 0 Å². The number of hydrogen-bond donors (Lipinski definition) is 1. The third kappa shape index (κ3) is 1.68. The van der Waals surface area contributed by atoms with Crippen LogP contribution in [-0.2, 0) is 15.4 Å². The number of aldehydes is 1. The molecule has 1 spiro atoms. The van der Waals surface area contributed by atoms with E-state index in [4.69, 9.17) is 9.57 Å². The molecule has 3 aliphatic rings. The zero-order valence-electron chi connectivity index (χ0n) is 11.4. The Morgan fingerprint density at radius 1 is 1.43 bits per heavy atom. The van der Waals surface area contributed by atoms with Crippen molar-refractivity contribution in [1.29, 1.82) is 0 Å². The number of halogens is 1. The molecule has 1 aromatic rings. The number of carbonyl (C=O) groups excluding carboxylic acids is 1. The van der Waals surface area contributed by atoms with Crippen LogP contribution in [-0.4, -0.2) is 24.3 Å². The van der Waals surface area contributed by atoms with Crippen LogP contribution in [0.25, 0.3) is 0 Å². The summed E-state index contributed by atoms with van der Waals surface area (Å²) in [6, 6.07) is 4.46. The Kier molecular flexibility index (Phi) is 2.68. The summed E-state index contributed by atoms with van der Waals surface area (Å²) in [5.41, 5.74) is 3.45. The summed E-state index contributed by atoms with van der Waals surface area (Å²) in [5.74, 6) is 1.00. The molecule has 0 bridgehead atoms. The molecule has 3 heterocycles. The lowest BCUT2D eigenvalue weighted by Crippen LogP contribution is -2.46. The second kappa shape index (κ2) is 4.46. The zero-order valence-corrected chi connectivity index (χ0v) is 11.4. The molecule has 1 aromatic carbocycles. The SMILES string of the molecule is O=CC1=C2NOC3(CCOc4ccc(F)cc43)N2CCC1. The van der Waals surface area contributed by atoms with Crippen molar-refractivity contribution in [1.82, 2.24) is 10.4 Å². The molecule has 0 saturated carbocycles. The third-order valence-electron chi connectivity index (χ3n) is 4.36. The monoisotopic (exact) mass is 290 g/mol. The first-order valence-electron chi connectivity index (χ1n) is 7.07. The Morgan fingerprint density at radius 2 is 2.33 bits per heavy atom. The predicted molar refractivity (Wildman–Crippen MR) is 71.4 cm³/mol. The van der Waals surface area contributed by atoms with Gasteiger partial charge in [-0.15, -0.1) is 0 Å². The van der Waals surface area contributed by atoms with Crippen molar-refractivity contribution in [2.45, 2.75) is 25.0 Å². The minimum atomic E-state index is -0.792. The standard InChI is InChI=1S/C15H15FN2O3/c16-11-3-4-13-12(8-11)15(5-7-20-13)18-6-1-2-10(9-19)14(18)17-21-15/h3-4,8-9,17H,1-2,5-7H2. The number of ether oxygens (including phenoxy) is 1. The molecule has 1 unspecified atom stereocenters. The molecular weight excluding hydrogens is 275 g/mol. The van der Waals surface area contributed by atoms with Gasteiger partial charge in [0.1, 0.15) is 23.7 Å². The quantitative estimate of drug-likeness (QED) is 0.799. The van der Waals surface area contributed by atoms with E-state index in [1.165, 1.54) is 12.1 Å². The number of carbonyl (C=O) groups is 1. The highest BCUT2D eigenvalue weighted by atomic mass is 19.1. The maximum atomic E-state index is 13.7. The topological polar surface area (TPSA) is 50.8 Å². The zero-order chi connectivity index (χ0) is 14.4. The summed E-state index contributed by atoms with van der Waals surface area (Å²) in [6.45, 7) is 1.25. The molecule has 0 amide bonds. The van der Waals surface area contributed by atoms with Crippen molar-refractivity contribution < 1.29 is 18.8 Å². The molecule has 0 aromatic heterocycles. The number of fused-ring (bicyclic) bond motifs is 4. The lowest BCUT2D eigenvalue weighted by Gasteiger charge is -2.41. The summed E-state index contributed by atoms with van der Waals surface area (Å²) in [6.07, 6.45) is 3.04. The summed E-state index contributed by atoms with van der Waals surface area (Å²) in [4.78, 5) is 19.1. The molecule has 5 nitrogen and oxygen atoms in total. The van der Waals surface area contributed by atoms with Gasteiger partial charge in [-0.3, -0.25) is 4.79 Å². The first kappa shape index (κ1) is 12.6. The number of allylic oxidation sites excluding steroid dienone is 1. The molecule has 1 N–H and O–H groups in total. The van der Waals surface area contributed by atoms with Crippen LogP contribution in [0.5, 0.6) is 5.75 Å². The largest absolute Gasteiger partial charge is 0.493 e. The third-order valence-corrected chi connectivity index (χ3v) is 4.36. The summed E-state index contributed by atoms with van der Waals surface area (Å²) in [5, 5.41) is 0. The van der Waals surface area contributed by atoms with Crippen molar-refractivity contribution in [3.8, 4) is 5.75 Å². The van der Waals surface area contributed by atoms with E-state index < -0.39 is 5.72 Å². The number of hydrogen-bond acceptors (Lipinski definition) is 5. The first-order chi connectivity index (χ1) is 10.2. The normalized spacial score (nSPS) is 27.0. The molecule has 21 heavy (non-hydrogen) atoms. The highest BCUT2D eigenvalue weighted by molar-refractivity contribution is 5.74. The van der Waals surface area contributed by atoms with Crippen LogP contribution in [0.15, 0.2) is 29.6 Å². The minimum Gasteiger partial charge on any atom is -0.493 e. The van der Waals surface area contributed by atoms with Gasteiger partial charge < -0.3 is 9.64 Å². The van der Waals surface area contributed by atoms with Gasteiger partial charge in [-0.1, -0.05) is 0 Å². The molecule has 1 fully saturated rings. The van der Waals surface area contributed by atoms with E-state index in [1.54, 1.807) is 6.07 Å². The van der Waals surface area contributed by atoms with Gasteiger partial charge in [0.25, 0.3) is 0 Å². The Hall–Kier alpha value is -2.08. The second-order valence-corrected chi connectivity index (χ2v) is 5.47. The van der Waals surface area contributed by atoms with Crippen LogP contribution in [0.1, 0.15) is 24.8 Å². The van der Waals surface area contributed by atoms with Crippen LogP contribution in [0.3, 0.4) is 0 Å². The molecule has 4 rings (SSSR count). The van der Waals surface area contributed by atoms with Crippen molar-refractivity contribution in [2.24, 2.45) is 0 Å². The van der Waals surface area contributed by atoms with E-state index in [-0.39, 0.29) is 5.82 Å². The van der Waals surface area contributed by atoms with Crippen LogP contribution in [0.4, 0.5) is 4.39 Å². The van der Waals surface area contributed by atoms with Gasteiger partial charge in [0.05, 0.1) is 12.2 Å². The Labute approximate surface area is 121 Å². The second-order valence-electron chi connectivity index (χ2n) is 5.47. The average Bonchev–Trinajstić information content (AvgIpc) is 2.88. The van der Waals surface area contributed by atoms with E-state index in [0.29, 0.717) is 35.7 Å². The van der Waals surface area contributed by atoms with E-state index in [0.717, 1.165) is 25.7 Å². The number of nitrogens with one attached hydrogen (secondary N) is 1. The highest BCUT2D eigenvalue weighted by Crippen LogP contribution is 2.48. The Balaban J connectivity index is 1.87. The van der Waals surface area contributed by atoms with Crippen LogP contribution < -0.4 is 10.2 Å². The van der Waals surface area contributed by atoms with Gasteiger partial charge in [0.2, 0.25) is 5.72 Å². The summed E-state index contributed by atoms with van der Waals surface area (Å²) >= 11 is 0. The Morgan fingerprint density at radius 3 is 3.19 bits per heavy atom. The predicted octanol–water partition coefficient (Wildman–Crippen LogP) is 1.80. The molecule has 1 atom stereocenters. The van der Waals surface area contributed by atoms with Gasteiger partial charge in [-0.05, 0) is 31.0 Å². The van der Waals surface area contributed by atoms with Gasteiger partial charge in [-0.25, -0.2) is 14.7 Å². The van der Waals surface area contributed by atoms with Crippen molar-refractivity contribution in [2.75, 3.05) is 13.2 Å². The number of hydroxylamine groups is 1. The van der Waals surface area contributed by atoms with Crippen molar-refractivity contribution >= 4 is 6.29 Å². The van der Waals surface area contributed by atoms with E-state index >= 15 is 0 Å². The van der Waals surface area contributed by atoms with Gasteiger partial charge in [-0.2, -0.15) is 0 Å². The van der Waals surface area contributed by atoms with Crippen LogP contribution >= 0.6 is 0 Å². The number of rotatable bonds is 1. The first-order valence-corrected chi connectivity index (χ1v) is 7.07. The molecule has 6 heteroatoms. The molecular formula is C15H15FN2O3. The summed E-state index contributed by atoms with van der Waals surface area (Å²) in [7, 11) is 0. The van der Waals surface area contributed by atoms with Crippen LogP contribution in [0.2, 0.25) is 0 Å². The van der Waals surface area contributed by atoms with Crippen LogP contribution in [0, 0.1) is 5.82 Å².